The highest BCUT2D eigenvalue weighted by atomic mass is 16.5. The Morgan fingerprint density at radius 3 is 2.87 bits per heavy atom. The largest absolute Gasteiger partial charge is 0.475 e. The molecule has 0 aliphatic carbocycles. The van der Waals surface area contributed by atoms with Crippen molar-refractivity contribution >= 4 is 5.84 Å². The van der Waals surface area contributed by atoms with Crippen molar-refractivity contribution < 1.29 is 15.1 Å². The van der Waals surface area contributed by atoms with Crippen LogP contribution in [0.3, 0.4) is 0 Å². The van der Waals surface area contributed by atoms with Crippen LogP contribution in [0.4, 0.5) is 0 Å². The molecule has 1 aromatic heterocycles. The highest BCUT2D eigenvalue weighted by molar-refractivity contribution is 6.00. The lowest BCUT2D eigenvalue weighted by Crippen LogP contribution is -2.16. The zero-order chi connectivity index (χ0) is 11.4. The van der Waals surface area contributed by atoms with E-state index >= 15 is 0 Å². The van der Waals surface area contributed by atoms with Crippen LogP contribution in [0.2, 0.25) is 0 Å². The van der Waals surface area contributed by atoms with Crippen LogP contribution in [0.25, 0.3) is 0 Å². The van der Waals surface area contributed by atoms with Gasteiger partial charge in [-0.05, 0) is 6.92 Å². The third-order valence-electron chi connectivity index (χ3n) is 1.86. The summed E-state index contributed by atoms with van der Waals surface area (Å²) in [7, 11) is 1.67. The number of hydrogen-bond donors (Lipinski definition) is 3. The number of aromatic nitrogens is 2. The maximum absolute atomic E-state index is 8.65. The molecule has 1 rings (SSSR count). The maximum atomic E-state index is 8.65. The molecular formula is C8H14N4O3. The van der Waals surface area contributed by atoms with Crippen LogP contribution in [0.1, 0.15) is 11.3 Å². The van der Waals surface area contributed by atoms with Gasteiger partial charge in [-0.1, -0.05) is 5.16 Å². The van der Waals surface area contributed by atoms with E-state index in [1.165, 1.54) is 4.68 Å². The van der Waals surface area contributed by atoms with E-state index in [2.05, 4.69) is 10.3 Å². The van der Waals surface area contributed by atoms with Crippen LogP contribution < -0.4 is 10.5 Å². The van der Waals surface area contributed by atoms with Crippen LogP contribution in [0.5, 0.6) is 5.88 Å². The summed E-state index contributed by atoms with van der Waals surface area (Å²) in [6, 6.07) is 0. The van der Waals surface area contributed by atoms with E-state index in [4.69, 9.17) is 20.8 Å². The van der Waals surface area contributed by atoms with Crippen LogP contribution >= 0.6 is 0 Å². The van der Waals surface area contributed by atoms with Gasteiger partial charge >= 0.3 is 0 Å². The van der Waals surface area contributed by atoms with Crippen LogP contribution in [0, 0.1) is 6.92 Å². The summed E-state index contributed by atoms with van der Waals surface area (Å²) in [6.45, 7) is 1.74. The Bertz CT molecular complexity index is 372. The summed E-state index contributed by atoms with van der Waals surface area (Å²) >= 11 is 0. The molecule has 0 saturated heterocycles. The number of nitrogens with two attached hydrogens (primary N) is 1. The number of amidine groups is 1. The molecule has 0 aromatic carbocycles. The van der Waals surface area contributed by atoms with E-state index in [1.54, 1.807) is 14.0 Å². The Morgan fingerprint density at radius 1 is 1.67 bits per heavy atom. The van der Waals surface area contributed by atoms with Gasteiger partial charge in [0, 0.05) is 7.05 Å². The number of aliphatic hydroxyl groups excluding tert-OH is 1. The standard InChI is InChI=1S/C8H14N4O3/c1-5-6(7(9)11-14)8(12(2)10-5)15-4-3-13/h13-14H,3-4H2,1-2H3,(H2,9,11). The fourth-order valence-corrected chi connectivity index (χ4v) is 1.29. The highest BCUT2D eigenvalue weighted by Crippen LogP contribution is 2.20. The summed E-state index contributed by atoms with van der Waals surface area (Å²) in [6.07, 6.45) is 0. The Labute approximate surface area is 86.8 Å². The van der Waals surface area contributed by atoms with E-state index in [1.807, 2.05) is 0 Å². The van der Waals surface area contributed by atoms with Gasteiger partial charge in [-0.25, -0.2) is 4.68 Å². The second-order valence-electron chi connectivity index (χ2n) is 2.95. The first-order valence-corrected chi connectivity index (χ1v) is 4.37. The second kappa shape index (κ2) is 4.65. The molecule has 15 heavy (non-hydrogen) atoms. The van der Waals surface area contributed by atoms with Gasteiger partial charge in [0.2, 0.25) is 5.88 Å². The van der Waals surface area contributed by atoms with E-state index in [-0.39, 0.29) is 19.0 Å². The lowest BCUT2D eigenvalue weighted by molar-refractivity contribution is 0.191. The molecule has 84 valence electrons. The van der Waals surface area contributed by atoms with E-state index in [0.29, 0.717) is 17.1 Å². The predicted octanol–water partition coefficient (Wildman–Crippen LogP) is -0.806. The van der Waals surface area contributed by atoms with E-state index in [9.17, 15) is 0 Å². The summed E-state index contributed by atoms with van der Waals surface area (Å²) in [4.78, 5) is 0. The van der Waals surface area contributed by atoms with Crippen molar-refractivity contribution in [2.75, 3.05) is 13.2 Å². The monoisotopic (exact) mass is 214 g/mol. The molecule has 1 heterocycles. The van der Waals surface area contributed by atoms with Crippen molar-refractivity contribution in [3.05, 3.63) is 11.3 Å². The van der Waals surface area contributed by atoms with Crippen LogP contribution in [0.15, 0.2) is 5.16 Å². The lowest BCUT2D eigenvalue weighted by atomic mass is 10.2. The quantitative estimate of drug-likeness (QED) is 0.263. The van der Waals surface area contributed by atoms with E-state index < -0.39 is 0 Å². The smallest absolute Gasteiger partial charge is 0.223 e. The maximum Gasteiger partial charge on any atom is 0.223 e. The minimum atomic E-state index is -0.111. The molecule has 0 fully saturated rings. The average molecular weight is 214 g/mol. The molecule has 7 nitrogen and oxygen atoms in total. The number of nitrogens with zero attached hydrogens (tertiary/aromatic N) is 3. The van der Waals surface area contributed by atoms with Crippen LogP contribution in [-0.2, 0) is 7.05 Å². The SMILES string of the molecule is Cc1nn(C)c(OCCO)c1C(N)=NO. The lowest BCUT2D eigenvalue weighted by Gasteiger charge is -2.06. The molecule has 0 amide bonds. The normalized spacial score (nSPS) is 11.8. The molecule has 0 radical (unpaired) electrons. The van der Waals surface area contributed by atoms with Gasteiger partial charge < -0.3 is 20.8 Å². The summed E-state index contributed by atoms with van der Waals surface area (Å²) in [5.41, 5.74) is 6.52. The molecule has 0 atom stereocenters. The highest BCUT2D eigenvalue weighted by Gasteiger charge is 2.18. The van der Waals surface area contributed by atoms with Gasteiger partial charge in [-0.3, -0.25) is 0 Å². The first kappa shape index (κ1) is 11.3. The molecule has 0 aliphatic heterocycles. The predicted molar refractivity (Wildman–Crippen MR) is 53.0 cm³/mol. The zero-order valence-corrected chi connectivity index (χ0v) is 8.64. The summed E-state index contributed by atoms with van der Waals surface area (Å²) < 4.78 is 6.71. The molecule has 0 spiro atoms. The zero-order valence-electron chi connectivity index (χ0n) is 8.64. The number of hydrogen-bond acceptors (Lipinski definition) is 5. The summed E-state index contributed by atoms with van der Waals surface area (Å²) in [5.74, 6) is 0.311. The van der Waals surface area contributed by atoms with Crippen molar-refractivity contribution in [2.45, 2.75) is 6.92 Å². The third-order valence-corrected chi connectivity index (χ3v) is 1.86. The molecule has 4 N–H and O–H groups in total. The van der Waals surface area contributed by atoms with Gasteiger partial charge in [0.1, 0.15) is 12.2 Å². The van der Waals surface area contributed by atoms with Crippen molar-refractivity contribution in [1.29, 1.82) is 0 Å². The minimum Gasteiger partial charge on any atom is -0.475 e. The first-order valence-electron chi connectivity index (χ1n) is 4.37. The van der Waals surface area contributed by atoms with Gasteiger partial charge in [0.25, 0.3) is 0 Å². The third kappa shape index (κ3) is 2.18. The van der Waals surface area contributed by atoms with Gasteiger partial charge in [0.05, 0.1) is 12.3 Å². The van der Waals surface area contributed by atoms with Crippen molar-refractivity contribution in [3.8, 4) is 5.88 Å². The Kier molecular flexibility index (Phi) is 3.51. The van der Waals surface area contributed by atoms with Gasteiger partial charge in [-0.2, -0.15) is 5.10 Å². The fraction of sp³-hybridized carbons (Fsp3) is 0.500. The van der Waals surface area contributed by atoms with Crippen molar-refractivity contribution in [2.24, 2.45) is 17.9 Å². The molecule has 0 bridgehead atoms. The number of aliphatic hydroxyl groups is 1. The Balaban J connectivity index is 3.11. The average Bonchev–Trinajstić information content (AvgIpc) is 2.49. The fourth-order valence-electron chi connectivity index (χ4n) is 1.29. The molecule has 7 heteroatoms. The Morgan fingerprint density at radius 2 is 2.33 bits per heavy atom. The first-order chi connectivity index (χ1) is 7.11. The van der Waals surface area contributed by atoms with Crippen molar-refractivity contribution in [3.63, 3.8) is 0 Å². The Hall–Kier alpha value is -1.76. The molecule has 0 aliphatic rings. The topological polar surface area (TPSA) is 106 Å². The number of aryl methyl sites for hydroxylation is 2. The van der Waals surface area contributed by atoms with E-state index in [0.717, 1.165) is 0 Å². The molecular weight excluding hydrogens is 200 g/mol. The molecule has 0 unspecified atom stereocenters. The second-order valence-corrected chi connectivity index (χ2v) is 2.95. The van der Waals surface area contributed by atoms with Crippen LogP contribution in [-0.4, -0.2) is 39.1 Å². The molecule has 1 aromatic rings. The van der Waals surface area contributed by atoms with Gasteiger partial charge in [0.15, 0.2) is 5.84 Å². The molecule has 0 saturated carbocycles. The summed E-state index contributed by atoms with van der Waals surface area (Å²) in [5, 5.41) is 24.2. The minimum absolute atomic E-state index is 0.0615. The number of rotatable bonds is 4. The number of oxime groups is 1. The van der Waals surface area contributed by atoms with Crippen molar-refractivity contribution in [1.82, 2.24) is 9.78 Å². The number of ether oxygens (including phenoxy) is 1. The van der Waals surface area contributed by atoms with Gasteiger partial charge in [-0.15, -0.1) is 0 Å².